The van der Waals surface area contributed by atoms with E-state index in [4.69, 9.17) is 16.3 Å². The molecule has 5 nitrogen and oxygen atoms in total. The number of unbranched alkanes of at least 4 members (excludes halogenated alkanes) is 1. The molecule has 29 heavy (non-hydrogen) atoms. The number of nitrogens with one attached hydrogen (secondary N) is 1. The van der Waals surface area contributed by atoms with Crippen LogP contribution in [0, 0.1) is 0 Å². The van der Waals surface area contributed by atoms with Gasteiger partial charge in [-0.15, -0.1) is 0 Å². The van der Waals surface area contributed by atoms with E-state index >= 15 is 0 Å². The highest BCUT2D eigenvalue weighted by Gasteiger charge is 2.29. The maximum absolute atomic E-state index is 13.0. The molecule has 0 aliphatic carbocycles. The third kappa shape index (κ3) is 7.09. The minimum atomic E-state index is -0.588. The molecule has 0 bridgehead atoms. The lowest BCUT2D eigenvalue weighted by molar-refractivity contribution is -0.143. The average Bonchev–Trinajstić information content (AvgIpc) is 2.74. The third-order valence-corrected chi connectivity index (χ3v) is 4.99. The zero-order valence-electron chi connectivity index (χ0n) is 17.1. The minimum Gasteiger partial charge on any atom is -0.484 e. The Morgan fingerprint density at radius 3 is 2.41 bits per heavy atom. The van der Waals surface area contributed by atoms with E-state index in [0.29, 0.717) is 23.7 Å². The fraction of sp³-hybridized carbons (Fsp3) is 0.391. The predicted octanol–water partition coefficient (Wildman–Crippen LogP) is 4.44. The highest BCUT2D eigenvalue weighted by molar-refractivity contribution is 6.31. The Morgan fingerprint density at radius 2 is 1.76 bits per heavy atom. The topological polar surface area (TPSA) is 58.6 Å². The molecule has 2 aromatic carbocycles. The molecule has 0 heterocycles. The van der Waals surface area contributed by atoms with Crippen LogP contribution < -0.4 is 10.1 Å². The summed E-state index contributed by atoms with van der Waals surface area (Å²) in [6.45, 7) is 4.66. The molecule has 0 saturated heterocycles. The van der Waals surface area contributed by atoms with Crippen molar-refractivity contribution in [2.45, 2.75) is 45.7 Å². The van der Waals surface area contributed by atoms with Gasteiger partial charge in [-0.05, 0) is 36.6 Å². The first-order valence-electron chi connectivity index (χ1n) is 10.0. The number of rotatable bonds is 11. The van der Waals surface area contributed by atoms with Crippen molar-refractivity contribution < 1.29 is 14.3 Å². The zero-order chi connectivity index (χ0) is 21.1. The van der Waals surface area contributed by atoms with Gasteiger partial charge < -0.3 is 15.0 Å². The Morgan fingerprint density at radius 1 is 1.07 bits per heavy atom. The van der Waals surface area contributed by atoms with Gasteiger partial charge in [0.05, 0.1) is 0 Å². The molecule has 0 spiro atoms. The van der Waals surface area contributed by atoms with Crippen LogP contribution in [-0.4, -0.2) is 35.9 Å². The van der Waals surface area contributed by atoms with Crippen molar-refractivity contribution in [3.63, 3.8) is 0 Å². The predicted molar refractivity (Wildman–Crippen MR) is 116 cm³/mol. The SMILES string of the molecule is CCCCNC(=O)[C@H](CC)N(Cc1ccccc1Cl)C(=O)COc1ccccc1. The summed E-state index contributed by atoms with van der Waals surface area (Å²) in [5.41, 5.74) is 0.794. The number of halogens is 1. The van der Waals surface area contributed by atoms with E-state index in [9.17, 15) is 9.59 Å². The molecule has 0 radical (unpaired) electrons. The summed E-state index contributed by atoms with van der Waals surface area (Å²) in [5.74, 6) is 0.200. The average molecular weight is 417 g/mol. The monoisotopic (exact) mass is 416 g/mol. The Bertz CT molecular complexity index is 783. The number of benzene rings is 2. The van der Waals surface area contributed by atoms with E-state index in [-0.39, 0.29) is 25.0 Å². The van der Waals surface area contributed by atoms with Crippen LogP contribution in [0.4, 0.5) is 0 Å². The van der Waals surface area contributed by atoms with E-state index in [1.807, 2.05) is 43.3 Å². The second kappa shape index (κ2) is 12.1. The van der Waals surface area contributed by atoms with Gasteiger partial charge in [0.15, 0.2) is 6.61 Å². The molecule has 2 amide bonds. The Balaban J connectivity index is 2.17. The lowest BCUT2D eigenvalue weighted by Crippen LogP contribution is -2.50. The zero-order valence-corrected chi connectivity index (χ0v) is 17.8. The van der Waals surface area contributed by atoms with Crippen molar-refractivity contribution in [3.05, 3.63) is 65.2 Å². The normalized spacial score (nSPS) is 11.6. The van der Waals surface area contributed by atoms with Gasteiger partial charge >= 0.3 is 0 Å². The summed E-state index contributed by atoms with van der Waals surface area (Å²) in [6, 6.07) is 15.9. The highest BCUT2D eigenvalue weighted by Crippen LogP contribution is 2.20. The minimum absolute atomic E-state index is 0.146. The van der Waals surface area contributed by atoms with Gasteiger partial charge in [0.25, 0.3) is 5.91 Å². The van der Waals surface area contributed by atoms with E-state index < -0.39 is 6.04 Å². The number of carbonyl (C=O) groups is 2. The van der Waals surface area contributed by atoms with Gasteiger partial charge in [-0.3, -0.25) is 9.59 Å². The summed E-state index contributed by atoms with van der Waals surface area (Å²) in [6.07, 6.45) is 2.39. The van der Waals surface area contributed by atoms with Gasteiger partial charge in [-0.2, -0.15) is 0 Å². The summed E-state index contributed by atoms with van der Waals surface area (Å²) in [5, 5.41) is 3.50. The molecule has 0 fully saturated rings. The standard InChI is InChI=1S/C23H29ClN2O3/c1-3-5-15-25-23(28)21(4-2)26(16-18-11-9-10-14-20(18)24)22(27)17-29-19-12-7-6-8-13-19/h6-14,21H,3-5,15-17H2,1-2H3,(H,25,28)/t21-/m0/s1. The van der Waals surface area contributed by atoms with Crippen molar-refractivity contribution in [1.29, 1.82) is 0 Å². The van der Waals surface area contributed by atoms with Crippen LogP contribution in [0.5, 0.6) is 5.75 Å². The van der Waals surface area contributed by atoms with Gasteiger partial charge in [0, 0.05) is 18.1 Å². The molecule has 6 heteroatoms. The van der Waals surface area contributed by atoms with E-state index in [1.165, 1.54) is 0 Å². The molecule has 2 rings (SSSR count). The number of amides is 2. The van der Waals surface area contributed by atoms with Gasteiger partial charge in [0.2, 0.25) is 5.91 Å². The van der Waals surface area contributed by atoms with Gasteiger partial charge in [-0.1, -0.05) is 68.3 Å². The van der Waals surface area contributed by atoms with Crippen LogP contribution in [-0.2, 0) is 16.1 Å². The molecule has 2 aromatic rings. The second-order valence-electron chi connectivity index (χ2n) is 6.78. The van der Waals surface area contributed by atoms with Crippen LogP contribution >= 0.6 is 11.6 Å². The van der Waals surface area contributed by atoms with Crippen LogP contribution in [0.15, 0.2) is 54.6 Å². The first-order valence-corrected chi connectivity index (χ1v) is 10.4. The van der Waals surface area contributed by atoms with Crippen LogP contribution in [0.2, 0.25) is 5.02 Å². The highest BCUT2D eigenvalue weighted by atomic mass is 35.5. The summed E-state index contributed by atoms with van der Waals surface area (Å²) in [4.78, 5) is 27.4. The number of ether oxygens (including phenoxy) is 1. The number of nitrogens with zero attached hydrogens (tertiary/aromatic N) is 1. The van der Waals surface area contributed by atoms with Crippen molar-refractivity contribution in [2.24, 2.45) is 0 Å². The van der Waals surface area contributed by atoms with E-state index in [1.54, 1.807) is 23.1 Å². The summed E-state index contributed by atoms with van der Waals surface area (Å²) in [7, 11) is 0. The lowest BCUT2D eigenvalue weighted by Gasteiger charge is -2.30. The number of para-hydroxylation sites is 1. The number of hydrogen-bond donors (Lipinski definition) is 1. The van der Waals surface area contributed by atoms with Gasteiger partial charge in [0.1, 0.15) is 11.8 Å². The molecular weight excluding hydrogens is 388 g/mol. The molecule has 156 valence electrons. The maximum Gasteiger partial charge on any atom is 0.261 e. The van der Waals surface area contributed by atoms with Crippen LogP contribution in [0.25, 0.3) is 0 Å². The number of hydrogen-bond acceptors (Lipinski definition) is 3. The first kappa shape index (κ1) is 22.8. The van der Waals surface area contributed by atoms with Crippen molar-refractivity contribution >= 4 is 23.4 Å². The smallest absolute Gasteiger partial charge is 0.261 e. The fourth-order valence-corrected chi connectivity index (χ4v) is 3.18. The lowest BCUT2D eigenvalue weighted by atomic mass is 10.1. The van der Waals surface area contributed by atoms with Crippen molar-refractivity contribution in [2.75, 3.05) is 13.2 Å². The van der Waals surface area contributed by atoms with Crippen LogP contribution in [0.3, 0.4) is 0 Å². The maximum atomic E-state index is 13.0. The Kier molecular flexibility index (Phi) is 9.51. The molecule has 0 unspecified atom stereocenters. The van der Waals surface area contributed by atoms with Crippen molar-refractivity contribution in [1.82, 2.24) is 10.2 Å². The molecular formula is C23H29ClN2O3. The van der Waals surface area contributed by atoms with E-state index in [0.717, 1.165) is 18.4 Å². The first-order chi connectivity index (χ1) is 14.1. The molecule has 0 aromatic heterocycles. The van der Waals surface area contributed by atoms with Crippen molar-refractivity contribution in [3.8, 4) is 5.75 Å². The summed E-state index contributed by atoms with van der Waals surface area (Å²) < 4.78 is 5.63. The second-order valence-corrected chi connectivity index (χ2v) is 7.19. The summed E-state index contributed by atoms with van der Waals surface area (Å²) >= 11 is 6.31. The molecule has 0 saturated carbocycles. The van der Waals surface area contributed by atoms with E-state index in [2.05, 4.69) is 12.2 Å². The Hall–Kier alpha value is -2.53. The van der Waals surface area contributed by atoms with Crippen LogP contribution in [0.1, 0.15) is 38.7 Å². The third-order valence-electron chi connectivity index (χ3n) is 4.62. The molecule has 1 atom stereocenters. The molecule has 1 N–H and O–H groups in total. The van der Waals surface area contributed by atoms with Gasteiger partial charge in [-0.25, -0.2) is 0 Å². The number of carbonyl (C=O) groups excluding carboxylic acids is 2. The molecule has 0 aliphatic rings. The Labute approximate surface area is 178 Å². The quantitative estimate of drug-likeness (QED) is 0.551. The molecule has 0 aliphatic heterocycles. The largest absolute Gasteiger partial charge is 0.484 e. The fourth-order valence-electron chi connectivity index (χ4n) is 2.98.